The number of rotatable bonds is 6. The highest BCUT2D eigenvalue weighted by Crippen LogP contribution is 2.12. The van der Waals surface area contributed by atoms with Crippen molar-refractivity contribution in [3.05, 3.63) is 70.8 Å². The summed E-state index contributed by atoms with van der Waals surface area (Å²) in [6.45, 7) is 4.29. The summed E-state index contributed by atoms with van der Waals surface area (Å²) in [7, 11) is 0. The Balaban J connectivity index is 2.02. The van der Waals surface area contributed by atoms with Gasteiger partial charge in [-0.1, -0.05) is 36.4 Å². The maximum Gasteiger partial charge on any atom is 0.338 e. The van der Waals surface area contributed by atoms with Crippen molar-refractivity contribution in [1.29, 1.82) is 0 Å². The average molecular weight is 324 g/mol. The molecule has 0 aliphatic rings. The minimum Gasteiger partial charge on any atom is -0.462 e. The molecular formula is C20H20O4. The molecule has 24 heavy (non-hydrogen) atoms. The largest absolute Gasteiger partial charge is 0.462 e. The Morgan fingerprint density at radius 3 is 1.33 bits per heavy atom. The van der Waals surface area contributed by atoms with Gasteiger partial charge in [0.15, 0.2) is 0 Å². The van der Waals surface area contributed by atoms with Crippen molar-refractivity contribution in [3.8, 4) is 0 Å². The highest BCUT2D eigenvalue weighted by molar-refractivity contribution is 5.90. The van der Waals surface area contributed by atoms with Crippen LogP contribution in [0, 0.1) is 0 Å². The van der Waals surface area contributed by atoms with Gasteiger partial charge in [-0.15, -0.1) is 0 Å². The summed E-state index contributed by atoms with van der Waals surface area (Å²) in [4.78, 5) is 23.2. The Kier molecular flexibility index (Phi) is 6.32. The molecule has 0 unspecified atom stereocenters. The molecule has 2 rings (SSSR count). The Morgan fingerprint density at radius 1 is 0.708 bits per heavy atom. The topological polar surface area (TPSA) is 52.6 Å². The van der Waals surface area contributed by atoms with Crippen LogP contribution in [0.4, 0.5) is 0 Å². The fourth-order valence-corrected chi connectivity index (χ4v) is 2.08. The standard InChI is InChI=1S/C20H20O4/c1-3-23-19(21)17-11-7-15(8-12-17)5-6-16-9-13-18(14-10-16)20(22)24-4-2/h5-14H,3-4H2,1-2H3. The first-order chi connectivity index (χ1) is 11.6. The second-order valence-electron chi connectivity index (χ2n) is 5.02. The van der Waals surface area contributed by atoms with Crippen molar-refractivity contribution in [3.63, 3.8) is 0 Å². The molecule has 0 aromatic heterocycles. The van der Waals surface area contributed by atoms with Gasteiger partial charge >= 0.3 is 11.9 Å². The molecule has 0 saturated heterocycles. The molecule has 4 nitrogen and oxygen atoms in total. The summed E-state index contributed by atoms with van der Waals surface area (Å²) >= 11 is 0. The van der Waals surface area contributed by atoms with Gasteiger partial charge in [0, 0.05) is 0 Å². The van der Waals surface area contributed by atoms with Crippen molar-refractivity contribution < 1.29 is 19.1 Å². The number of esters is 2. The maximum atomic E-state index is 11.6. The molecule has 0 bridgehead atoms. The highest BCUT2D eigenvalue weighted by Gasteiger charge is 2.05. The third-order valence-corrected chi connectivity index (χ3v) is 3.31. The van der Waals surface area contributed by atoms with Crippen LogP contribution in [0.5, 0.6) is 0 Å². The van der Waals surface area contributed by atoms with Gasteiger partial charge in [-0.3, -0.25) is 0 Å². The summed E-state index contributed by atoms with van der Waals surface area (Å²) < 4.78 is 9.90. The zero-order chi connectivity index (χ0) is 17.4. The van der Waals surface area contributed by atoms with Crippen LogP contribution in [0.15, 0.2) is 48.5 Å². The normalized spacial score (nSPS) is 10.6. The molecule has 0 aliphatic heterocycles. The van der Waals surface area contributed by atoms with Crippen LogP contribution in [-0.4, -0.2) is 25.2 Å². The first-order valence-corrected chi connectivity index (χ1v) is 7.86. The van der Waals surface area contributed by atoms with Crippen molar-refractivity contribution in [2.24, 2.45) is 0 Å². The van der Waals surface area contributed by atoms with E-state index in [1.165, 1.54) is 0 Å². The molecule has 0 spiro atoms. The average Bonchev–Trinajstić information content (AvgIpc) is 2.61. The van der Waals surface area contributed by atoms with Crippen LogP contribution in [0.3, 0.4) is 0 Å². The van der Waals surface area contributed by atoms with E-state index in [0.717, 1.165) is 11.1 Å². The Morgan fingerprint density at radius 2 is 1.04 bits per heavy atom. The van der Waals surface area contributed by atoms with E-state index in [4.69, 9.17) is 9.47 Å². The Labute approximate surface area is 141 Å². The van der Waals surface area contributed by atoms with Gasteiger partial charge in [-0.05, 0) is 49.2 Å². The van der Waals surface area contributed by atoms with E-state index in [2.05, 4.69) is 0 Å². The number of carbonyl (C=O) groups excluding carboxylic acids is 2. The number of hydrogen-bond acceptors (Lipinski definition) is 4. The number of ether oxygens (including phenoxy) is 2. The molecule has 2 aromatic carbocycles. The van der Waals surface area contributed by atoms with E-state index in [1.54, 1.807) is 38.1 Å². The zero-order valence-electron chi connectivity index (χ0n) is 13.8. The molecule has 0 radical (unpaired) electrons. The molecule has 2 aromatic rings. The van der Waals surface area contributed by atoms with Crippen molar-refractivity contribution in [2.45, 2.75) is 13.8 Å². The lowest BCUT2D eigenvalue weighted by atomic mass is 10.1. The summed E-state index contributed by atoms with van der Waals surface area (Å²) in [5.74, 6) is -0.634. The predicted molar refractivity (Wildman–Crippen MR) is 93.7 cm³/mol. The molecule has 124 valence electrons. The fourth-order valence-electron chi connectivity index (χ4n) is 2.08. The SMILES string of the molecule is CCOC(=O)c1ccc(C=Cc2ccc(C(=O)OCC)cc2)cc1. The number of benzene rings is 2. The third-order valence-electron chi connectivity index (χ3n) is 3.31. The summed E-state index contributed by atoms with van der Waals surface area (Å²) in [6.07, 6.45) is 3.88. The van der Waals surface area contributed by atoms with Gasteiger partial charge < -0.3 is 9.47 Å². The quantitative estimate of drug-likeness (QED) is 0.590. The van der Waals surface area contributed by atoms with Gasteiger partial charge in [-0.2, -0.15) is 0 Å². The van der Waals surface area contributed by atoms with E-state index in [-0.39, 0.29) is 11.9 Å². The molecular weight excluding hydrogens is 304 g/mol. The van der Waals surface area contributed by atoms with Crippen LogP contribution in [0.25, 0.3) is 12.2 Å². The molecule has 0 amide bonds. The van der Waals surface area contributed by atoms with Crippen molar-refractivity contribution >= 4 is 24.1 Å². The van der Waals surface area contributed by atoms with E-state index in [1.807, 2.05) is 36.4 Å². The fraction of sp³-hybridized carbons (Fsp3) is 0.200. The lowest BCUT2D eigenvalue weighted by molar-refractivity contribution is 0.0516. The number of hydrogen-bond donors (Lipinski definition) is 0. The van der Waals surface area contributed by atoms with Gasteiger partial charge in [0.2, 0.25) is 0 Å². The number of carbonyl (C=O) groups is 2. The molecule has 0 aliphatic carbocycles. The van der Waals surface area contributed by atoms with Gasteiger partial charge in [0.1, 0.15) is 0 Å². The summed E-state index contributed by atoms with van der Waals surface area (Å²) in [5.41, 5.74) is 3.01. The van der Waals surface area contributed by atoms with E-state index in [0.29, 0.717) is 24.3 Å². The van der Waals surface area contributed by atoms with Crippen LogP contribution in [0.1, 0.15) is 45.7 Å². The predicted octanol–water partition coefficient (Wildman–Crippen LogP) is 4.21. The van der Waals surface area contributed by atoms with Crippen molar-refractivity contribution in [1.82, 2.24) is 0 Å². The van der Waals surface area contributed by atoms with Gasteiger partial charge in [-0.25, -0.2) is 9.59 Å². The second-order valence-corrected chi connectivity index (χ2v) is 5.02. The third kappa shape index (κ3) is 4.81. The van der Waals surface area contributed by atoms with E-state index < -0.39 is 0 Å². The van der Waals surface area contributed by atoms with Crippen LogP contribution in [0.2, 0.25) is 0 Å². The molecule has 0 N–H and O–H groups in total. The first-order valence-electron chi connectivity index (χ1n) is 7.86. The Hall–Kier alpha value is -2.88. The Bertz CT molecular complexity index is 649. The summed E-state index contributed by atoms with van der Waals surface area (Å²) in [6, 6.07) is 14.4. The molecule has 4 heteroatoms. The molecule has 0 atom stereocenters. The smallest absolute Gasteiger partial charge is 0.338 e. The minimum absolute atomic E-state index is 0.317. The molecule has 0 fully saturated rings. The van der Waals surface area contributed by atoms with E-state index in [9.17, 15) is 9.59 Å². The maximum absolute atomic E-state index is 11.6. The van der Waals surface area contributed by atoms with Crippen LogP contribution >= 0.6 is 0 Å². The molecule has 0 saturated carbocycles. The second kappa shape index (κ2) is 8.67. The molecule has 0 heterocycles. The monoisotopic (exact) mass is 324 g/mol. The highest BCUT2D eigenvalue weighted by atomic mass is 16.5. The lowest BCUT2D eigenvalue weighted by Crippen LogP contribution is -2.04. The summed E-state index contributed by atoms with van der Waals surface area (Å²) in [5, 5.41) is 0. The van der Waals surface area contributed by atoms with E-state index >= 15 is 0 Å². The van der Waals surface area contributed by atoms with Crippen LogP contribution in [-0.2, 0) is 9.47 Å². The van der Waals surface area contributed by atoms with Crippen molar-refractivity contribution in [2.75, 3.05) is 13.2 Å². The van der Waals surface area contributed by atoms with Gasteiger partial charge in [0.25, 0.3) is 0 Å². The first kappa shape index (κ1) is 17.5. The van der Waals surface area contributed by atoms with Gasteiger partial charge in [0.05, 0.1) is 24.3 Å². The minimum atomic E-state index is -0.317. The lowest BCUT2D eigenvalue weighted by Gasteiger charge is -2.02. The van der Waals surface area contributed by atoms with Crippen LogP contribution < -0.4 is 0 Å². The zero-order valence-corrected chi connectivity index (χ0v) is 13.8.